The van der Waals surface area contributed by atoms with Crippen molar-refractivity contribution in [2.24, 2.45) is 5.92 Å². The third kappa shape index (κ3) is 3.72. The lowest BCUT2D eigenvalue weighted by Crippen LogP contribution is -2.34. The first-order valence-corrected chi connectivity index (χ1v) is 6.65. The molecule has 1 aromatic rings. The molecule has 1 N–H and O–H groups in total. The standard InChI is InChI=1S/C14H18ClNO2/c1-10(12-3-2-4-13(15)7-12)16(9-14(17)18)8-11-5-6-11/h2-4,7,10-11H,5-6,8-9H2,1H3,(H,17,18). The van der Waals surface area contributed by atoms with Crippen LogP contribution in [0.3, 0.4) is 0 Å². The maximum atomic E-state index is 10.9. The largest absolute Gasteiger partial charge is 0.480 e. The summed E-state index contributed by atoms with van der Waals surface area (Å²) in [5.74, 6) is -0.101. The Labute approximate surface area is 112 Å². The maximum Gasteiger partial charge on any atom is 0.317 e. The molecule has 1 aromatic carbocycles. The summed E-state index contributed by atoms with van der Waals surface area (Å²) in [6.45, 7) is 2.99. The van der Waals surface area contributed by atoms with E-state index in [0.717, 1.165) is 12.1 Å². The minimum Gasteiger partial charge on any atom is -0.480 e. The van der Waals surface area contributed by atoms with E-state index in [4.69, 9.17) is 16.7 Å². The minimum absolute atomic E-state index is 0.0837. The second-order valence-corrected chi connectivity index (χ2v) is 5.43. The summed E-state index contributed by atoms with van der Waals surface area (Å²) in [7, 11) is 0. The fraction of sp³-hybridized carbons (Fsp3) is 0.500. The van der Waals surface area contributed by atoms with Crippen LogP contribution in [0.5, 0.6) is 0 Å². The Kier molecular flexibility index (Phi) is 4.25. The molecule has 1 atom stereocenters. The zero-order chi connectivity index (χ0) is 13.1. The van der Waals surface area contributed by atoms with Crippen LogP contribution in [0, 0.1) is 5.92 Å². The molecule has 0 aliphatic heterocycles. The zero-order valence-corrected chi connectivity index (χ0v) is 11.2. The molecule has 1 aliphatic rings. The smallest absolute Gasteiger partial charge is 0.317 e. The van der Waals surface area contributed by atoms with Gasteiger partial charge in [-0.3, -0.25) is 9.69 Å². The van der Waals surface area contributed by atoms with Gasteiger partial charge in [-0.05, 0) is 43.4 Å². The number of nitrogens with zero attached hydrogens (tertiary/aromatic N) is 1. The van der Waals surface area contributed by atoms with Gasteiger partial charge < -0.3 is 5.11 Å². The molecular formula is C14H18ClNO2. The van der Waals surface area contributed by atoms with Crippen LogP contribution in [0.4, 0.5) is 0 Å². The highest BCUT2D eigenvalue weighted by Gasteiger charge is 2.28. The van der Waals surface area contributed by atoms with E-state index in [-0.39, 0.29) is 12.6 Å². The molecule has 1 aliphatic carbocycles. The normalized spacial score (nSPS) is 16.8. The molecule has 0 saturated heterocycles. The van der Waals surface area contributed by atoms with Gasteiger partial charge in [-0.15, -0.1) is 0 Å². The molecule has 2 rings (SSSR count). The van der Waals surface area contributed by atoms with Crippen LogP contribution in [0.25, 0.3) is 0 Å². The first kappa shape index (κ1) is 13.4. The SMILES string of the molecule is CC(c1cccc(Cl)c1)N(CC(=O)O)CC1CC1. The summed E-state index contributed by atoms with van der Waals surface area (Å²) < 4.78 is 0. The number of rotatable bonds is 6. The van der Waals surface area contributed by atoms with Crippen molar-refractivity contribution < 1.29 is 9.90 Å². The van der Waals surface area contributed by atoms with Gasteiger partial charge in [0.05, 0.1) is 6.54 Å². The number of carboxylic acid groups (broad SMARTS) is 1. The molecule has 1 saturated carbocycles. The first-order chi connectivity index (χ1) is 8.56. The summed E-state index contributed by atoms with van der Waals surface area (Å²) in [5.41, 5.74) is 1.07. The molecule has 1 fully saturated rings. The van der Waals surface area contributed by atoms with Crippen LogP contribution in [0.1, 0.15) is 31.4 Å². The van der Waals surface area contributed by atoms with Crippen molar-refractivity contribution in [1.29, 1.82) is 0 Å². The van der Waals surface area contributed by atoms with E-state index in [1.807, 2.05) is 36.1 Å². The predicted molar refractivity (Wildman–Crippen MR) is 71.8 cm³/mol. The highest BCUT2D eigenvalue weighted by molar-refractivity contribution is 6.30. The van der Waals surface area contributed by atoms with Crippen molar-refractivity contribution in [2.75, 3.05) is 13.1 Å². The molecule has 98 valence electrons. The molecule has 0 heterocycles. The Morgan fingerprint density at radius 3 is 2.83 bits per heavy atom. The summed E-state index contributed by atoms with van der Waals surface area (Å²) >= 11 is 5.98. The van der Waals surface area contributed by atoms with Crippen LogP contribution in [0.2, 0.25) is 5.02 Å². The number of aliphatic carboxylic acids is 1. The van der Waals surface area contributed by atoms with E-state index in [9.17, 15) is 4.79 Å². The number of hydrogen-bond donors (Lipinski definition) is 1. The number of halogens is 1. The minimum atomic E-state index is -0.774. The monoisotopic (exact) mass is 267 g/mol. The van der Waals surface area contributed by atoms with Crippen molar-refractivity contribution in [3.63, 3.8) is 0 Å². The third-order valence-electron chi connectivity index (χ3n) is 3.41. The van der Waals surface area contributed by atoms with Gasteiger partial charge in [-0.2, -0.15) is 0 Å². The van der Waals surface area contributed by atoms with Gasteiger partial charge in [0.15, 0.2) is 0 Å². The topological polar surface area (TPSA) is 40.5 Å². The average molecular weight is 268 g/mol. The highest BCUT2D eigenvalue weighted by atomic mass is 35.5. The van der Waals surface area contributed by atoms with Gasteiger partial charge in [0, 0.05) is 17.6 Å². The molecule has 0 amide bonds. The quantitative estimate of drug-likeness (QED) is 0.860. The zero-order valence-electron chi connectivity index (χ0n) is 10.5. The van der Waals surface area contributed by atoms with Crippen LogP contribution >= 0.6 is 11.6 Å². The van der Waals surface area contributed by atoms with E-state index in [1.165, 1.54) is 12.8 Å². The Balaban J connectivity index is 2.10. The summed E-state index contributed by atoms with van der Waals surface area (Å²) in [4.78, 5) is 13.0. The van der Waals surface area contributed by atoms with Crippen LogP contribution < -0.4 is 0 Å². The Morgan fingerprint density at radius 1 is 1.56 bits per heavy atom. The van der Waals surface area contributed by atoms with E-state index in [2.05, 4.69) is 0 Å². The van der Waals surface area contributed by atoms with Gasteiger partial charge in [0.25, 0.3) is 0 Å². The van der Waals surface area contributed by atoms with E-state index in [0.29, 0.717) is 10.9 Å². The van der Waals surface area contributed by atoms with Gasteiger partial charge in [0.1, 0.15) is 0 Å². The summed E-state index contributed by atoms with van der Waals surface area (Å²) in [5, 5.41) is 9.70. The van der Waals surface area contributed by atoms with Crippen LogP contribution in [-0.2, 0) is 4.79 Å². The van der Waals surface area contributed by atoms with Crippen molar-refractivity contribution >= 4 is 17.6 Å². The van der Waals surface area contributed by atoms with Gasteiger partial charge >= 0.3 is 5.97 Å². The lowest BCUT2D eigenvalue weighted by atomic mass is 10.1. The van der Waals surface area contributed by atoms with E-state index in [1.54, 1.807) is 0 Å². The third-order valence-corrected chi connectivity index (χ3v) is 3.64. The van der Waals surface area contributed by atoms with Crippen LogP contribution in [-0.4, -0.2) is 29.1 Å². The molecule has 1 unspecified atom stereocenters. The average Bonchev–Trinajstić information content (AvgIpc) is 3.10. The van der Waals surface area contributed by atoms with E-state index < -0.39 is 5.97 Å². The molecule has 0 radical (unpaired) electrons. The van der Waals surface area contributed by atoms with Gasteiger partial charge in [0.2, 0.25) is 0 Å². The van der Waals surface area contributed by atoms with E-state index >= 15 is 0 Å². The molecule has 4 heteroatoms. The fourth-order valence-corrected chi connectivity index (χ4v) is 2.34. The second-order valence-electron chi connectivity index (χ2n) is 5.00. The number of benzene rings is 1. The Morgan fingerprint density at radius 2 is 2.28 bits per heavy atom. The van der Waals surface area contributed by atoms with Gasteiger partial charge in [-0.1, -0.05) is 23.7 Å². The highest BCUT2D eigenvalue weighted by Crippen LogP contribution is 2.33. The second kappa shape index (κ2) is 5.72. The maximum absolute atomic E-state index is 10.9. The van der Waals surface area contributed by atoms with Crippen molar-refractivity contribution in [1.82, 2.24) is 4.90 Å². The number of carboxylic acids is 1. The predicted octanol–water partition coefficient (Wildman–Crippen LogP) is 3.20. The molecular weight excluding hydrogens is 250 g/mol. The fourth-order valence-electron chi connectivity index (χ4n) is 2.14. The number of carbonyl (C=O) groups is 1. The van der Waals surface area contributed by atoms with Crippen molar-refractivity contribution in [3.8, 4) is 0 Å². The summed E-state index contributed by atoms with van der Waals surface area (Å²) in [6.07, 6.45) is 2.44. The van der Waals surface area contributed by atoms with Gasteiger partial charge in [-0.25, -0.2) is 0 Å². The first-order valence-electron chi connectivity index (χ1n) is 6.27. The Hall–Kier alpha value is -1.06. The Bertz CT molecular complexity index is 432. The molecule has 0 spiro atoms. The molecule has 3 nitrogen and oxygen atoms in total. The van der Waals surface area contributed by atoms with Crippen LogP contribution in [0.15, 0.2) is 24.3 Å². The van der Waals surface area contributed by atoms with Crippen molar-refractivity contribution in [3.05, 3.63) is 34.9 Å². The lowest BCUT2D eigenvalue weighted by molar-refractivity contribution is -0.139. The molecule has 18 heavy (non-hydrogen) atoms. The molecule has 0 bridgehead atoms. The lowest BCUT2D eigenvalue weighted by Gasteiger charge is -2.28. The number of hydrogen-bond acceptors (Lipinski definition) is 2. The molecule has 0 aromatic heterocycles. The van der Waals surface area contributed by atoms with Crippen molar-refractivity contribution in [2.45, 2.75) is 25.8 Å². The summed E-state index contributed by atoms with van der Waals surface area (Å²) in [6, 6.07) is 7.73.